The van der Waals surface area contributed by atoms with Crippen LogP contribution in [0.3, 0.4) is 0 Å². The fourth-order valence-corrected chi connectivity index (χ4v) is 7.85. The second kappa shape index (κ2) is 14.7. The van der Waals surface area contributed by atoms with Gasteiger partial charge in [0.25, 0.3) is 0 Å². The van der Waals surface area contributed by atoms with Gasteiger partial charge in [0.15, 0.2) is 0 Å². The van der Waals surface area contributed by atoms with Crippen molar-refractivity contribution >= 4 is 31.9 Å². The van der Waals surface area contributed by atoms with Gasteiger partial charge in [-0.1, -0.05) is 184 Å². The zero-order valence-electron chi connectivity index (χ0n) is 29.0. The van der Waals surface area contributed by atoms with E-state index in [9.17, 15) is 0 Å². The van der Waals surface area contributed by atoms with Crippen LogP contribution in [-0.2, 0) is 0 Å². The first kappa shape index (κ1) is 33.7. The van der Waals surface area contributed by atoms with Crippen molar-refractivity contribution in [2.45, 2.75) is 0 Å². The van der Waals surface area contributed by atoms with E-state index >= 15 is 0 Å². The molecule has 0 radical (unpaired) electrons. The van der Waals surface area contributed by atoms with Crippen molar-refractivity contribution in [2.75, 3.05) is 0 Å². The number of imidazole rings is 2. The van der Waals surface area contributed by atoms with Crippen LogP contribution in [0.25, 0.3) is 79.2 Å². The molecular weight excluding hydrogens is 792 g/mol. The van der Waals surface area contributed by atoms with E-state index in [0.717, 1.165) is 88.1 Å². The highest BCUT2D eigenvalue weighted by atomic mass is 79.9. The second-order valence-electron chi connectivity index (χ2n) is 12.9. The van der Waals surface area contributed by atoms with Gasteiger partial charge >= 0.3 is 0 Å². The molecule has 0 fully saturated rings. The van der Waals surface area contributed by atoms with Crippen LogP contribution < -0.4 is 0 Å². The lowest BCUT2D eigenvalue weighted by atomic mass is 10.0. The number of benzene rings is 7. The number of hydrogen-bond donors (Lipinski definition) is 0. The standard InChI is InChI=1S/C48H32Br2N4/c49-39-26-14-28-41(31-39)53-45(35-20-9-3-10-21-35)43(33-16-5-1-6-17-33)51-47(53)37-24-13-25-38(30-37)48-52-44(34-18-7-2-8-19-34)46(36-22-11-4-12-23-36)54(48)42-29-15-27-40(50)32-42/h1-32H. The van der Waals surface area contributed by atoms with E-state index in [1.54, 1.807) is 0 Å². The SMILES string of the molecule is Brc1cccc(-n2c(-c3cccc(-c4nc(-c5ccccc5)c(-c5ccccc5)n4-c4cccc(Br)c4)c3)nc(-c3ccccc3)c2-c2ccccc2)c1. The maximum atomic E-state index is 5.49. The fourth-order valence-electron chi connectivity index (χ4n) is 7.08. The van der Waals surface area contributed by atoms with Gasteiger partial charge in [0, 0.05) is 53.7 Å². The highest BCUT2D eigenvalue weighted by molar-refractivity contribution is 9.10. The zero-order valence-corrected chi connectivity index (χ0v) is 32.2. The van der Waals surface area contributed by atoms with E-state index in [4.69, 9.17) is 9.97 Å². The quantitative estimate of drug-likeness (QED) is 0.153. The summed E-state index contributed by atoms with van der Waals surface area (Å²) in [4.78, 5) is 11.0. The third-order valence-electron chi connectivity index (χ3n) is 9.46. The first-order valence-corrected chi connectivity index (χ1v) is 19.3. The van der Waals surface area contributed by atoms with E-state index in [2.05, 4.69) is 223 Å². The topological polar surface area (TPSA) is 35.6 Å². The van der Waals surface area contributed by atoms with Gasteiger partial charge in [0.1, 0.15) is 11.6 Å². The Morgan fingerprint density at radius 1 is 0.315 bits per heavy atom. The average Bonchev–Trinajstić information content (AvgIpc) is 3.83. The minimum atomic E-state index is 0.833. The molecule has 0 saturated heterocycles. The van der Waals surface area contributed by atoms with Crippen LogP contribution in [0.4, 0.5) is 0 Å². The Morgan fingerprint density at radius 3 is 1.02 bits per heavy atom. The molecule has 7 aromatic carbocycles. The summed E-state index contributed by atoms with van der Waals surface area (Å²) in [5.41, 5.74) is 12.1. The molecule has 0 bridgehead atoms. The Hall–Kier alpha value is -6.08. The van der Waals surface area contributed by atoms with Crippen molar-refractivity contribution in [3.8, 4) is 79.2 Å². The van der Waals surface area contributed by atoms with E-state index in [-0.39, 0.29) is 0 Å². The van der Waals surface area contributed by atoms with Crippen LogP contribution in [0.5, 0.6) is 0 Å². The normalized spacial score (nSPS) is 11.1. The Labute approximate surface area is 331 Å². The van der Waals surface area contributed by atoms with Crippen molar-refractivity contribution in [2.24, 2.45) is 0 Å². The monoisotopic (exact) mass is 822 g/mol. The van der Waals surface area contributed by atoms with Crippen LogP contribution in [-0.4, -0.2) is 19.1 Å². The maximum absolute atomic E-state index is 5.49. The van der Waals surface area contributed by atoms with Gasteiger partial charge in [-0.05, 0) is 42.5 Å². The first-order chi connectivity index (χ1) is 26.6. The van der Waals surface area contributed by atoms with E-state index in [1.165, 1.54) is 0 Å². The molecule has 6 heteroatoms. The molecule has 258 valence electrons. The summed E-state index contributed by atoms with van der Waals surface area (Å²) >= 11 is 7.50. The molecule has 2 aromatic heterocycles. The molecule has 0 aliphatic rings. The van der Waals surface area contributed by atoms with Gasteiger partial charge in [0.05, 0.1) is 22.8 Å². The molecular formula is C48H32Br2N4. The van der Waals surface area contributed by atoms with Crippen LogP contribution in [0.15, 0.2) is 203 Å². The summed E-state index contributed by atoms with van der Waals surface area (Å²) in [6.45, 7) is 0. The van der Waals surface area contributed by atoms with Crippen molar-refractivity contribution in [1.82, 2.24) is 19.1 Å². The highest BCUT2D eigenvalue weighted by Crippen LogP contribution is 2.42. The lowest BCUT2D eigenvalue weighted by Gasteiger charge is -2.16. The predicted molar refractivity (Wildman–Crippen MR) is 229 cm³/mol. The van der Waals surface area contributed by atoms with Gasteiger partial charge in [-0.25, -0.2) is 9.97 Å². The van der Waals surface area contributed by atoms with E-state index < -0.39 is 0 Å². The summed E-state index contributed by atoms with van der Waals surface area (Å²) in [5.74, 6) is 1.67. The average molecular weight is 825 g/mol. The van der Waals surface area contributed by atoms with E-state index in [1.807, 2.05) is 12.1 Å². The molecule has 4 nitrogen and oxygen atoms in total. The third-order valence-corrected chi connectivity index (χ3v) is 10.4. The molecule has 0 aliphatic heterocycles. The molecule has 0 spiro atoms. The third kappa shape index (κ3) is 6.44. The fraction of sp³-hybridized carbons (Fsp3) is 0. The Morgan fingerprint density at radius 2 is 0.648 bits per heavy atom. The highest BCUT2D eigenvalue weighted by Gasteiger charge is 2.25. The van der Waals surface area contributed by atoms with Crippen LogP contribution in [0.2, 0.25) is 0 Å². The van der Waals surface area contributed by atoms with Crippen LogP contribution in [0.1, 0.15) is 0 Å². The van der Waals surface area contributed by atoms with Gasteiger partial charge in [0.2, 0.25) is 0 Å². The van der Waals surface area contributed by atoms with Crippen LogP contribution >= 0.6 is 31.9 Å². The van der Waals surface area contributed by atoms with Gasteiger partial charge in [-0.2, -0.15) is 0 Å². The number of hydrogen-bond acceptors (Lipinski definition) is 2. The lowest BCUT2D eigenvalue weighted by molar-refractivity contribution is 1.06. The Balaban J connectivity index is 1.33. The number of aromatic nitrogens is 4. The van der Waals surface area contributed by atoms with Crippen molar-refractivity contribution in [3.63, 3.8) is 0 Å². The number of halogens is 2. The van der Waals surface area contributed by atoms with Crippen LogP contribution in [0, 0.1) is 0 Å². The molecule has 0 saturated carbocycles. The van der Waals surface area contributed by atoms with Crippen molar-refractivity contribution in [3.05, 3.63) is 203 Å². The maximum Gasteiger partial charge on any atom is 0.145 e. The molecule has 2 heterocycles. The lowest BCUT2D eigenvalue weighted by Crippen LogP contribution is -2.02. The molecule has 9 aromatic rings. The summed E-state index contributed by atoms with van der Waals surface area (Å²) in [7, 11) is 0. The number of rotatable bonds is 8. The Bertz CT molecular complexity index is 2530. The van der Waals surface area contributed by atoms with Crippen molar-refractivity contribution in [1.29, 1.82) is 0 Å². The van der Waals surface area contributed by atoms with Crippen molar-refractivity contribution < 1.29 is 0 Å². The Kier molecular flexibility index (Phi) is 9.21. The molecule has 54 heavy (non-hydrogen) atoms. The zero-order chi connectivity index (χ0) is 36.4. The minimum absolute atomic E-state index is 0.833. The minimum Gasteiger partial charge on any atom is -0.292 e. The summed E-state index contributed by atoms with van der Waals surface area (Å²) < 4.78 is 6.55. The second-order valence-corrected chi connectivity index (χ2v) is 14.8. The molecule has 0 unspecified atom stereocenters. The summed E-state index contributed by atoms with van der Waals surface area (Å²) in [6, 6.07) is 67.4. The smallest absolute Gasteiger partial charge is 0.145 e. The molecule has 0 N–H and O–H groups in total. The summed E-state index contributed by atoms with van der Waals surface area (Å²) in [6.07, 6.45) is 0. The molecule has 9 rings (SSSR count). The van der Waals surface area contributed by atoms with E-state index in [0.29, 0.717) is 0 Å². The molecule has 0 aliphatic carbocycles. The number of nitrogens with zero attached hydrogens (tertiary/aromatic N) is 4. The largest absolute Gasteiger partial charge is 0.292 e. The van der Waals surface area contributed by atoms with Gasteiger partial charge in [-0.15, -0.1) is 0 Å². The van der Waals surface area contributed by atoms with Gasteiger partial charge < -0.3 is 0 Å². The predicted octanol–water partition coefficient (Wildman–Crippen LogP) is 13.6. The molecule has 0 amide bonds. The molecule has 0 atom stereocenters. The first-order valence-electron chi connectivity index (χ1n) is 17.7. The van der Waals surface area contributed by atoms with Gasteiger partial charge in [-0.3, -0.25) is 9.13 Å². The summed E-state index contributed by atoms with van der Waals surface area (Å²) in [5, 5.41) is 0.